The van der Waals surface area contributed by atoms with Crippen LogP contribution >= 0.6 is 24.0 Å². The van der Waals surface area contributed by atoms with Crippen LogP contribution in [-0.4, -0.2) is 26.8 Å². The fourth-order valence-corrected chi connectivity index (χ4v) is 4.02. The molecule has 3 nitrogen and oxygen atoms in total. The van der Waals surface area contributed by atoms with Crippen LogP contribution in [0.1, 0.15) is 18.1 Å². The van der Waals surface area contributed by atoms with Gasteiger partial charge in [0.1, 0.15) is 10.1 Å². The van der Waals surface area contributed by atoms with Gasteiger partial charge in [-0.2, -0.15) is 0 Å². The van der Waals surface area contributed by atoms with Crippen LogP contribution < -0.4 is 0 Å². The average molecular weight is 382 g/mol. The SMILES string of the molecule is CC(=C/c1ccccc1)/C=C1/SC(=S)N(CCc2ccc(O)cc2)C1=O. The van der Waals surface area contributed by atoms with E-state index in [9.17, 15) is 9.90 Å². The molecule has 1 aliphatic rings. The van der Waals surface area contributed by atoms with Crippen molar-refractivity contribution in [3.05, 3.63) is 82.3 Å². The van der Waals surface area contributed by atoms with Crippen LogP contribution in [0.3, 0.4) is 0 Å². The van der Waals surface area contributed by atoms with Crippen LogP contribution in [0.2, 0.25) is 0 Å². The van der Waals surface area contributed by atoms with Crippen LogP contribution in [0, 0.1) is 0 Å². The quantitative estimate of drug-likeness (QED) is 0.598. The Morgan fingerprint density at radius 1 is 1.15 bits per heavy atom. The fraction of sp³-hybridized carbons (Fsp3) is 0.143. The zero-order valence-corrected chi connectivity index (χ0v) is 16.0. The zero-order chi connectivity index (χ0) is 18.5. The van der Waals surface area contributed by atoms with Gasteiger partial charge in [0.15, 0.2) is 0 Å². The van der Waals surface area contributed by atoms with E-state index in [0.29, 0.717) is 22.2 Å². The predicted molar refractivity (Wildman–Crippen MR) is 112 cm³/mol. The van der Waals surface area contributed by atoms with Crippen molar-refractivity contribution in [2.75, 3.05) is 6.54 Å². The molecule has 0 bridgehead atoms. The first-order chi connectivity index (χ1) is 12.5. The summed E-state index contributed by atoms with van der Waals surface area (Å²) in [5, 5.41) is 9.34. The second-order valence-electron chi connectivity index (χ2n) is 6.05. The Morgan fingerprint density at radius 2 is 1.85 bits per heavy atom. The lowest BCUT2D eigenvalue weighted by Gasteiger charge is -2.14. The Bertz CT molecular complexity index is 871. The van der Waals surface area contributed by atoms with Gasteiger partial charge < -0.3 is 5.11 Å². The maximum Gasteiger partial charge on any atom is 0.266 e. The number of thiocarbonyl (C=S) groups is 1. The lowest BCUT2D eigenvalue weighted by molar-refractivity contribution is -0.122. The molecule has 1 N–H and O–H groups in total. The van der Waals surface area contributed by atoms with Crippen LogP contribution in [0.25, 0.3) is 6.08 Å². The molecule has 1 amide bonds. The van der Waals surface area contributed by atoms with Crippen LogP contribution in [0.15, 0.2) is 71.2 Å². The molecule has 0 radical (unpaired) electrons. The van der Waals surface area contributed by atoms with Crippen molar-refractivity contribution in [2.24, 2.45) is 0 Å². The summed E-state index contributed by atoms with van der Waals surface area (Å²) in [6, 6.07) is 17.0. The molecule has 1 aliphatic heterocycles. The van der Waals surface area contributed by atoms with Gasteiger partial charge in [-0.1, -0.05) is 72.5 Å². The van der Waals surface area contributed by atoms with Gasteiger partial charge in [-0.25, -0.2) is 0 Å². The minimum Gasteiger partial charge on any atom is -0.508 e. The molecular formula is C21H19NO2S2. The number of allylic oxidation sites excluding steroid dienone is 2. The molecule has 1 fully saturated rings. The van der Waals surface area contributed by atoms with E-state index in [2.05, 4.69) is 0 Å². The Labute approximate surface area is 163 Å². The number of carbonyl (C=O) groups excluding carboxylic acids is 1. The summed E-state index contributed by atoms with van der Waals surface area (Å²) in [7, 11) is 0. The second-order valence-corrected chi connectivity index (χ2v) is 7.72. The molecule has 2 aromatic carbocycles. The van der Waals surface area contributed by atoms with Gasteiger partial charge in [-0.15, -0.1) is 0 Å². The molecule has 132 valence electrons. The molecule has 0 aliphatic carbocycles. The molecule has 0 unspecified atom stereocenters. The molecule has 0 atom stereocenters. The van der Waals surface area contributed by atoms with Gasteiger partial charge in [0.2, 0.25) is 0 Å². The Balaban J connectivity index is 1.68. The molecule has 26 heavy (non-hydrogen) atoms. The third-order valence-electron chi connectivity index (χ3n) is 3.99. The van der Waals surface area contributed by atoms with Crippen molar-refractivity contribution in [3.8, 4) is 5.75 Å². The van der Waals surface area contributed by atoms with Gasteiger partial charge in [0.25, 0.3) is 5.91 Å². The zero-order valence-electron chi connectivity index (χ0n) is 14.4. The largest absolute Gasteiger partial charge is 0.508 e. The molecule has 2 aromatic rings. The van der Waals surface area contributed by atoms with Crippen LogP contribution in [-0.2, 0) is 11.2 Å². The van der Waals surface area contributed by atoms with E-state index in [1.807, 2.05) is 61.5 Å². The third-order valence-corrected chi connectivity index (χ3v) is 5.36. The normalized spacial score (nSPS) is 16.6. The predicted octanol–water partition coefficient (Wildman–Crippen LogP) is 4.78. The number of phenolic OH excluding ortho intramolecular Hbond substituents is 1. The molecule has 0 saturated carbocycles. The highest BCUT2D eigenvalue weighted by atomic mass is 32.2. The first kappa shape index (κ1) is 18.4. The topological polar surface area (TPSA) is 40.5 Å². The van der Waals surface area contributed by atoms with Crippen molar-refractivity contribution in [3.63, 3.8) is 0 Å². The first-order valence-corrected chi connectivity index (χ1v) is 9.52. The smallest absolute Gasteiger partial charge is 0.266 e. The van der Waals surface area contributed by atoms with E-state index in [1.54, 1.807) is 17.0 Å². The molecule has 0 aromatic heterocycles. The Hall–Kier alpha value is -2.37. The van der Waals surface area contributed by atoms with Crippen molar-refractivity contribution in [2.45, 2.75) is 13.3 Å². The standard InChI is InChI=1S/C21H19NO2S2/c1-15(13-17-5-3-2-4-6-17)14-19-20(24)22(21(25)26-19)12-11-16-7-9-18(23)10-8-16/h2-10,13-14,23H,11-12H2,1H3/b15-13-,19-14+. The second kappa shape index (κ2) is 8.34. The summed E-state index contributed by atoms with van der Waals surface area (Å²) in [5.41, 5.74) is 3.17. The number of amides is 1. The first-order valence-electron chi connectivity index (χ1n) is 8.29. The van der Waals surface area contributed by atoms with Gasteiger partial charge in [-0.3, -0.25) is 9.69 Å². The van der Waals surface area contributed by atoms with E-state index < -0.39 is 0 Å². The number of carbonyl (C=O) groups is 1. The molecule has 3 rings (SSSR count). The van der Waals surface area contributed by atoms with Crippen molar-refractivity contribution in [1.29, 1.82) is 0 Å². The number of rotatable bonds is 5. The number of nitrogens with zero attached hydrogens (tertiary/aromatic N) is 1. The highest BCUT2D eigenvalue weighted by Gasteiger charge is 2.31. The third kappa shape index (κ3) is 4.62. The lowest BCUT2D eigenvalue weighted by Crippen LogP contribution is -2.30. The van der Waals surface area contributed by atoms with Gasteiger partial charge >= 0.3 is 0 Å². The molecular weight excluding hydrogens is 362 g/mol. The van der Waals surface area contributed by atoms with E-state index in [-0.39, 0.29) is 11.7 Å². The van der Waals surface area contributed by atoms with Gasteiger partial charge in [0.05, 0.1) is 4.91 Å². The highest BCUT2D eigenvalue weighted by Crippen LogP contribution is 2.32. The summed E-state index contributed by atoms with van der Waals surface area (Å²) < 4.78 is 0.590. The van der Waals surface area contributed by atoms with Crippen molar-refractivity contribution < 1.29 is 9.90 Å². The van der Waals surface area contributed by atoms with E-state index in [0.717, 1.165) is 16.7 Å². The number of thioether (sulfide) groups is 1. The highest BCUT2D eigenvalue weighted by molar-refractivity contribution is 8.26. The monoisotopic (exact) mass is 381 g/mol. The fourth-order valence-electron chi connectivity index (χ4n) is 2.66. The van der Waals surface area contributed by atoms with Gasteiger partial charge in [0, 0.05) is 6.54 Å². The number of aromatic hydroxyl groups is 1. The van der Waals surface area contributed by atoms with Crippen LogP contribution in [0.4, 0.5) is 0 Å². The van der Waals surface area contributed by atoms with E-state index in [1.165, 1.54) is 11.8 Å². The summed E-state index contributed by atoms with van der Waals surface area (Å²) in [4.78, 5) is 15.0. The average Bonchev–Trinajstić information content (AvgIpc) is 2.89. The minimum absolute atomic E-state index is 0.0420. The number of phenols is 1. The molecule has 1 saturated heterocycles. The maximum atomic E-state index is 12.7. The summed E-state index contributed by atoms with van der Waals surface area (Å²) >= 11 is 6.73. The molecule has 5 heteroatoms. The number of benzene rings is 2. The van der Waals surface area contributed by atoms with Crippen molar-refractivity contribution >= 4 is 40.3 Å². The molecule has 1 heterocycles. The Morgan fingerprint density at radius 3 is 2.54 bits per heavy atom. The Kier molecular flexibility index (Phi) is 5.91. The molecule has 0 spiro atoms. The number of hydrogen-bond acceptors (Lipinski definition) is 4. The van der Waals surface area contributed by atoms with E-state index >= 15 is 0 Å². The summed E-state index contributed by atoms with van der Waals surface area (Å²) in [5.74, 6) is 0.197. The summed E-state index contributed by atoms with van der Waals surface area (Å²) in [6.07, 6.45) is 4.63. The lowest BCUT2D eigenvalue weighted by atomic mass is 10.1. The summed E-state index contributed by atoms with van der Waals surface area (Å²) in [6.45, 7) is 2.52. The van der Waals surface area contributed by atoms with Crippen molar-refractivity contribution in [1.82, 2.24) is 4.90 Å². The van der Waals surface area contributed by atoms with Crippen LogP contribution in [0.5, 0.6) is 5.75 Å². The maximum absolute atomic E-state index is 12.7. The van der Waals surface area contributed by atoms with E-state index in [4.69, 9.17) is 12.2 Å². The van der Waals surface area contributed by atoms with Gasteiger partial charge in [-0.05, 0) is 48.3 Å². The minimum atomic E-state index is -0.0420. The number of hydrogen-bond donors (Lipinski definition) is 1.